The molecule has 2 N–H and O–H groups in total. The molecular formula is C15H22N2O5S. The van der Waals surface area contributed by atoms with E-state index in [-0.39, 0.29) is 25.0 Å². The van der Waals surface area contributed by atoms with Crippen molar-refractivity contribution < 1.29 is 22.7 Å². The Morgan fingerprint density at radius 2 is 2.04 bits per heavy atom. The van der Waals surface area contributed by atoms with E-state index in [0.29, 0.717) is 17.9 Å². The molecule has 1 heterocycles. The Labute approximate surface area is 136 Å². The number of benzene rings is 1. The maximum Gasteiger partial charge on any atom is 0.238 e. The molecule has 0 aliphatic carbocycles. The van der Waals surface area contributed by atoms with Gasteiger partial charge in [0, 0.05) is 6.54 Å². The highest BCUT2D eigenvalue weighted by molar-refractivity contribution is 7.89. The minimum Gasteiger partial charge on any atom is -0.454 e. The summed E-state index contributed by atoms with van der Waals surface area (Å²) in [5, 5.41) is 2.71. The van der Waals surface area contributed by atoms with Crippen LogP contribution >= 0.6 is 0 Å². The topological polar surface area (TPSA) is 93.7 Å². The van der Waals surface area contributed by atoms with Crippen LogP contribution in [0.15, 0.2) is 18.2 Å². The first-order valence-electron chi connectivity index (χ1n) is 7.57. The Balaban J connectivity index is 1.84. The van der Waals surface area contributed by atoms with Crippen LogP contribution in [0.3, 0.4) is 0 Å². The molecule has 0 spiro atoms. The quantitative estimate of drug-likeness (QED) is 0.739. The van der Waals surface area contributed by atoms with Gasteiger partial charge in [0.2, 0.25) is 22.7 Å². The Morgan fingerprint density at radius 3 is 2.78 bits per heavy atom. The fourth-order valence-corrected chi connectivity index (χ4v) is 3.54. The van der Waals surface area contributed by atoms with Gasteiger partial charge in [-0.25, -0.2) is 13.1 Å². The number of unbranched alkanes of at least 4 members (excludes halogenated alkanes) is 1. The molecule has 1 aromatic carbocycles. The van der Waals surface area contributed by atoms with E-state index in [9.17, 15) is 13.2 Å². The normalized spacial score (nSPS) is 14.5. The van der Waals surface area contributed by atoms with Crippen LogP contribution in [0.4, 0.5) is 0 Å². The molecule has 1 atom stereocenters. The molecule has 0 radical (unpaired) electrons. The van der Waals surface area contributed by atoms with E-state index in [0.717, 1.165) is 12.0 Å². The molecule has 128 valence electrons. The third-order valence-electron chi connectivity index (χ3n) is 3.42. The molecule has 0 saturated heterocycles. The summed E-state index contributed by atoms with van der Waals surface area (Å²) < 4.78 is 36.4. The number of hydrogen-bond donors (Lipinski definition) is 2. The average Bonchev–Trinajstić information content (AvgIpc) is 2.97. The van der Waals surface area contributed by atoms with E-state index >= 15 is 0 Å². The summed E-state index contributed by atoms with van der Waals surface area (Å²) in [4.78, 5) is 12.0. The highest BCUT2D eigenvalue weighted by Gasteiger charge is 2.20. The van der Waals surface area contributed by atoms with Crippen molar-refractivity contribution in [2.24, 2.45) is 0 Å². The summed E-state index contributed by atoms with van der Waals surface area (Å²) in [5.74, 6) is 0.980. The molecule has 1 aliphatic heterocycles. The molecule has 1 amide bonds. The fourth-order valence-electron chi connectivity index (χ4n) is 2.11. The molecule has 8 heteroatoms. The summed E-state index contributed by atoms with van der Waals surface area (Å²) in [5.41, 5.74) is 0.851. The third-order valence-corrected chi connectivity index (χ3v) is 4.96. The predicted molar refractivity (Wildman–Crippen MR) is 85.7 cm³/mol. The second-order valence-electron chi connectivity index (χ2n) is 5.42. The zero-order valence-electron chi connectivity index (χ0n) is 13.3. The first kappa shape index (κ1) is 17.6. The third kappa shape index (κ3) is 5.11. The molecule has 0 unspecified atom stereocenters. The molecule has 0 aromatic heterocycles. The number of nitrogens with one attached hydrogen (secondary N) is 2. The van der Waals surface area contributed by atoms with Crippen molar-refractivity contribution in [2.45, 2.75) is 39.3 Å². The lowest BCUT2D eigenvalue weighted by Crippen LogP contribution is -2.45. The van der Waals surface area contributed by atoms with Gasteiger partial charge in [-0.1, -0.05) is 19.4 Å². The summed E-state index contributed by atoms with van der Waals surface area (Å²) in [6, 6.07) is 4.58. The van der Waals surface area contributed by atoms with Crippen LogP contribution in [-0.2, 0) is 21.4 Å². The van der Waals surface area contributed by atoms with Crippen molar-refractivity contribution in [3.8, 4) is 11.5 Å². The number of carbonyl (C=O) groups excluding carboxylic acids is 1. The van der Waals surface area contributed by atoms with Crippen LogP contribution in [0.25, 0.3) is 0 Å². The molecule has 2 rings (SSSR count). The molecule has 7 nitrogen and oxygen atoms in total. The second kappa shape index (κ2) is 7.65. The van der Waals surface area contributed by atoms with Crippen LogP contribution in [0, 0.1) is 0 Å². The molecule has 0 bridgehead atoms. The van der Waals surface area contributed by atoms with Gasteiger partial charge in [-0.3, -0.25) is 4.79 Å². The van der Waals surface area contributed by atoms with Gasteiger partial charge < -0.3 is 14.8 Å². The summed E-state index contributed by atoms with van der Waals surface area (Å²) in [7, 11) is -3.43. The van der Waals surface area contributed by atoms with Gasteiger partial charge in [-0.15, -0.1) is 0 Å². The van der Waals surface area contributed by atoms with Crippen molar-refractivity contribution in [3.05, 3.63) is 23.8 Å². The van der Waals surface area contributed by atoms with E-state index < -0.39 is 16.1 Å². The van der Waals surface area contributed by atoms with Crippen LogP contribution in [-0.4, -0.2) is 32.9 Å². The first-order chi connectivity index (χ1) is 10.9. The Kier molecular flexibility index (Phi) is 5.84. The van der Waals surface area contributed by atoms with E-state index in [1.165, 1.54) is 6.92 Å². The Bertz CT molecular complexity index is 660. The van der Waals surface area contributed by atoms with Crippen LogP contribution in [0.1, 0.15) is 32.3 Å². The summed E-state index contributed by atoms with van der Waals surface area (Å²) in [6.45, 7) is 3.92. The zero-order chi connectivity index (χ0) is 16.9. The molecule has 23 heavy (non-hydrogen) atoms. The van der Waals surface area contributed by atoms with E-state index in [4.69, 9.17) is 9.47 Å². The number of ether oxygens (including phenoxy) is 2. The van der Waals surface area contributed by atoms with Gasteiger partial charge in [0.1, 0.15) is 0 Å². The average molecular weight is 342 g/mol. The van der Waals surface area contributed by atoms with Crippen molar-refractivity contribution >= 4 is 15.9 Å². The van der Waals surface area contributed by atoms with Crippen molar-refractivity contribution in [2.75, 3.05) is 12.5 Å². The number of fused-ring (bicyclic) bond motifs is 1. The van der Waals surface area contributed by atoms with Crippen molar-refractivity contribution in [1.29, 1.82) is 0 Å². The van der Waals surface area contributed by atoms with Crippen LogP contribution < -0.4 is 19.5 Å². The Morgan fingerprint density at radius 1 is 1.30 bits per heavy atom. The largest absolute Gasteiger partial charge is 0.454 e. The lowest BCUT2D eigenvalue weighted by atomic mass is 10.2. The highest BCUT2D eigenvalue weighted by Crippen LogP contribution is 2.32. The monoisotopic (exact) mass is 342 g/mol. The zero-order valence-corrected chi connectivity index (χ0v) is 14.1. The maximum atomic E-state index is 12.0. The standard InChI is InChI=1S/C15H22N2O5S/c1-3-4-7-23(19,20)17-11(2)15(18)16-9-12-5-6-13-14(8-12)22-10-21-13/h5-6,8,11,17H,3-4,7,9-10H2,1-2H3,(H,16,18)/t11-/m1/s1. The number of rotatable bonds is 8. The SMILES string of the molecule is CCCCS(=O)(=O)N[C@H](C)C(=O)NCc1ccc2c(c1)OCO2. The minimum atomic E-state index is -3.43. The number of carbonyl (C=O) groups is 1. The number of amides is 1. The highest BCUT2D eigenvalue weighted by atomic mass is 32.2. The number of sulfonamides is 1. The lowest BCUT2D eigenvalue weighted by molar-refractivity contribution is -0.122. The molecule has 0 fully saturated rings. The maximum absolute atomic E-state index is 12.0. The minimum absolute atomic E-state index is 0.0310. The van der Waals surface area contributed by atoms with E-state index in [1.54, 1.807) is 12.1 Å². The Hall–Kier alpha value is -1.80. The summed E-state index contributed by atoms with van der Waals surface area (Å²) in [6.07, 6.45) is 1.35. The van der Waals surface area contributed by atoms with Gasteiger partial charge in [0.15, 0.2) is 11.5 Å². The van der Waals surface area contributed by atoms with Crippen molar-refractivity contribution in [3.63, 3.8) is 0 Å². The first-order valence-corrected chi connectivity index (χ1v) is 9.23. The van der Waals surface area contributed by atoms with E-state index in [2.05, 4.69) is 10.0 Å². The molecule has 0 saturated carbocycles. The van der Waals surface area contributed by atoms with E-state index in [1.807, 2.05) is 13.0 Å². The lowest BCUT2D eigenvalue weighted by Gasteiger charge is -2.14. The predicted octanol–water partition coefficient (Wildman–Crippen LogP) is 1.14. The van der Waals surface area contributed by atoms with Gasteiger partial charge >= 0.3 is 0 Å². The molecule has 1 aliphatic rings. The molecule has 1 aromatic rings. The smallest absolute Gasteiger partial charge is 0.238 e. The van der Waals surface area contributed by atoms with Gasteiger partial charge in [0.05, 0.1) is 11.8 Å². The van der Waals surface area contributed by atoms with Crippen molar-refractivity contribution in [1.82, 2.24) is 10.0 Å². The summed E-state index contributed by atoms with van der Waals surface area (Å²) >= 11 is 0. The van der Waals surface area contributed by atoms with Gasteiger partial charge in [-0.2, -0.15) is 0 Å². The molecular weight excluding hydrogens is 320 g/mol. The van der Waals surface area contributed by atoms with Crippen LogP contribution in [0.5, 0.6) is 11.5 Å². The number of hydrogen-bond acceptors (Lipinski definition) is 5. The van der Waals surface area contributed by atoms with Crippen LogP contribution in [0.2, 0.25) is 0 Å². The fraction of sp³-hybridized carbons (Fsp3) is 0.533. The van der Waals surface area contributed by atoms with Gasteiger partial charge in [-0.05, 0) is 31.0 Å². The second-order valence-corrected chi connectivity index (χ2v) is 7.29. The van der Waals surface area contributed by atoms with Gasteiger partial charge in [0.25, 0.3) is 0 Å².